The SMILES string of the molecule is CC1=C(C)CCC1.CC1=C(C)CS(=O)(=O)C1. The first-order valence-corrected chi connectivity index (χ1v) is 7.65. The van der Waals surface area contributed by atoms with Gasteiger partial charge in [-0.25, -0.2) is 8.42 Å². The second-order valence-electron chi connectivity index (χ2n) is 5.01. The Labute approximate surface area is 99.4 Å². The van der Waals surface area contributed by atoms with Crippen molar-refractivity contribution in [3.05, 3.63) is 22.3 Å². The zero-order valence-electron chi connectivity index (χ0n) is 10.8. The number of allylic oxidation sites excluding steroid dienone is 2. The van der Waals surface area contributed by atoms with Crippen LogP contribution in [0.3, 0.4) is 0 Å². The Kier molecular flexibility index (Phi) is 4.36. The van der Waals surface area contributed by atoms with Gasteiger partial charge in [-0.15, -0.1) is 0 Å². The standard InChI is InChI=1S/C7H12.C6H10O2S/c1-6-4-3-5-7(6)2;1-5-3-9(7,8)4-6(5)2/h3-5H2,1-2H3;3-4H2,1-2H3. The second-order valence-corrected chi connectivity index (χ2v) is 7.07. The molecule has 1 aliphatic heterocycles. The fourth-order valence-electron chi connectivity index (χ4n) is 2.00. The highest BCUT2D eigenvalue weighted by Gasteiger charge is 2.21. The van der Waals surface area contributed by atoms with Crippen LogP contribution in [0, 0.1) is 0 Å². The first-order valence-electron chi connectivity index (χ1n) is 5.82. The molecule has 1 heterocycles. The highest BCUT2D eigenvalue weighted by atomic mass is 32.2. The molecule has 0 aromatic rings. The molecule has 0 spiro atoms. The van der Waals surface area contributed by atoms with Crippen LogP contribution in [-0.4, -0.2) is 19.9 Å². The molecule has 2 rings (SSSR count). The van der Waals surface area contributed by atoms with E-state index in [-0.39, 0.29) is 11.5 Å². The van der Waals surface area contributed by atoms with E-state index in [2.05, 4.69) is 13.8 Å². The van der Waals surface area contributed by atoms with Gasteiger partial charge >= 0.3 is 0 Å². The van der Waals surface area contributed by atoms with Crippen molar-refractivity contribution < 1.29 is 8.42 Å². The van der Waals surface area contributed by atoms with E-state index in [1.54, 1.807) is 11.1 Å². The molecule has 0 aromatic heterocycles. The number of rotatable bonds is 0. The lowest BCUT2D eigenvalue weighted by Crippen LogP contribution is -2.02. The molecule has 0 aromatic carbocycles. The molecule has 0 unspecified atom stereocenters. The summed E-state index contributed by atoms with van der Waals surface area (Å²) in [4.78, 5) is 0. The summed E-state index contributed by atoms with van der Waals surface area (Å²) in [5, 5.41) is 0. The van der Waals surface area contributed by atoms with Gasteiger partial charge < -0.3 is 0 Å². The van der Waals surface area contributed by atoms with Gasteiger partial charge in [0.05, 0.1) is 11.5 Å². The van der Waals surface area contributed by atoms with Gasteiger partial charge in [0.15, 0.2) is 9.84 Å². The van der Waals surface area contributed by atoms with E-state index < -0.39 is 9.84 Å². The summed E-state index contributed by atoms with van der Waals surface area (Å²) in [5.41, 5.74) is 5.30. The van der Waals surface area contributed by atoms with Crippen LogP contribution in [0.5, 0.6) is 0 Å². The molecule has 1 aliphatic carbocycles. The van der Waals surface area contributed by atoms with E-state index in [0.717, 1.165) is 11.1 Å². The average molecular weight is 242 g/mol. The van der Waals surface area contributed by atoms with Crippen molar-refractivity contribution in [3.63, 3.8) is 0 Å². The second kappa shape index (κ2) is 5.17. The minimum atomic E-state index is -2.72. The smallest absolute Gasteiger partial charge is 0.157 e. The monoisotopic (exact) mass is 242 g/mol. The fraction of sp³-hybridized carbons (Fsp3) is 0.692. The van der Waals surface area contributed by atoms with E-state index in [1.165, 1.54) is 19.3 Å². The van der Waals surface area contributed by atoms with Crippen molar-refractivity contribution in [2.24, 2.45) is 0 Å². The van der Waals surface area contributed by atoms with Gasteiger partial charge in [-0.3, -0.25) is 0 Å². The molecule has 2 aliphatic rings. The number of hydrogen-bond acceptors (Lipinski definition) is 2. The van der Waals surface area contributed by atoms with Crippen molar-refractivity contribution >= 4 is 9.84 Å². The van der Waals surface area contributed by atoms with Crippen molar-refractivity contribution in [1.82, 2.24) is 0 Å². The molecule has 16 heavy (non-hydrogen) atoms. The maximum absolute atomic E-state index is 10.8. The van der Waals surface area contributed by atoms with Gasteiger partial charge in [0.2, 0.25) is 0 Å². The minimum Gasteiger partial charge on any atom is -0.228 e. The molecule has 0 amide bonds. The molecule has 0 atom stereocenters. The summed E-state index contributed by atoms with van der Waals surface area (Å²) < 4.78 is 21.6. The molecular formula is C13H22O2S. The minimum absolute atomic E-state index is 0.277. The third-order valence-electron chi connectivity index (χ3n) is 3.43. The molecule has 0 radical (unpaired) electrons. The van der Waals surface area contributed by atoms with Crippen LogP contribution in [0.1, 0.15) is 47.0 Å². The number of hydrogen-bond donors (Lipinski definition) is 0. The van der Waals surface area contributed by atoms with Crippen LogP contribution in [0.2, 0.25) is 0 Å². The van der Waals surface area contributed by atoms with Crippen LogP contribution in [0.4, 0.5) is 0 Å². The summed E-state index contributed by atoms with van der Waals surface area (Å²) in [6.07, 6.45) is 4.11. The summed E-state index contributed by atoms with van der Waals surface area (Å²) in [6, 6.07) is 0. The zero-order chi connectivity index (χ0) is 12.3. The summed E-state index contributed by atoms with van der Waals surface area (Å²) in [5.74, 6) is 0.553. The van der Waals surface area contributed by atoms with Crippen LogP contribution in [0.25, 0.3) is 0 Å². The summed E-state index contributed by atoms with van der Waals surface area (Å²) in [7, 11) is -2.72. The first kappa shape index (κ1) is 13.5. The van der Waals surface area contributed by atoms with E-state index in [4.69, 9.17) is 0 Å². The maximum atomic E-state index is 10.8. The molecule has 92 valence electrons. The third-order valence-corrected chi connectivity index (χ3v) is 5.18. The Bertz CT molecular complexity index is 393. The van der Waals surface area contributed by atoms with Crippen LogP contribution < -0.4 is 0 Å². The van der Waals surface area contributed by atoms with Gasteiger partial charge in [-0.2, -0.15) is 0 Å². The molecule has 0 N–H and O–H groups in total. The molecule has 0 bridgehead atoms. The van der Waals surface area contributed by atoms with Gasteiger partial charge in [-0.1, -0.05) is 22.3 Å². The van der Waals surface area contributed by atoms with Gasteiger partial charge in [0.1, 0.15) is 0 Å². The maximum Gasteiger partial charge on any atom is 0.157 e. The Morgan fingerprint density at radius 3 is 1.25 bits per heavy atom. The van der Waals surface area contributed by atoms with E-state index >= 15 is 0 Å². The van der Waals surface area contributed by atoms with E-state index in [0.29, 0.717) is 0 Å². The summed E-state index contributed by atoms with van der Waals surface area (Å²) in [6.45, 7) is 8.23. The highest BCUT2D eigenvalue weighted by molar-refractivity contribution is 7.92. The lowest BCUT2D eigenvalue weighted by atomic mass is 10.2. The lowest BCUT2D eigenvalue weighted by Gasteiger charge is -1.87. The highest BCUT2D eigenvalue weighted by Crippen LogP contribution is 2.23. The van der Waals surface area contributed by atoms with E-state index in [9.17, 15) is 8.42 Å². The van der Waals surface area contributed by atoms with E-state index in [1.807, 2.05) is 13.8 Å². The Hall–Kier alpha value is -0.570. The molecular weight excluding hydrogens is 220 g/mol. The Morgan fingerprint density at radius 2 is 1.12 bits per heavy atom. The lowest BCUT2D eigenvalue weighted by molar-refractivity contribution is 0.602. The normalized spacial score (nSPS) is 23.5. The van der Waals surface area contributed by atoms with Crippen molar-refractivity contribution in [2.45, 2.75) is 47.0 Å². The largest absolute Gasteiger partial charge is 0.228 e. The van der Waals surface area contributed by atoms with Gasteiger partial charge in [-0.05, 0) is 47.0 Å². The number of sulfone groups is 1. The molecule has 0 saturated carbocycles. The predicted molar refractivity (Wildman–Crippen MR) is 69.3 cm³/mol. The van der Waals surface area contributed by atoms with Gasteiger partial charge in [0.25, 0.3) is 0 Å². The van der Waals surface area contributed by atoms with Crippen molar-refractivity contribution in [2.75, 3.05) is 11.5 Å². The fourth-order valence-corrected chi connectivity index (χ4v) is 3.92. The Morgan fingerprint density at radius 1 is 0.750 bits per heavy atom. The summed E-state index contributed by atoms with van der Waals surface area (Å²) >= 11 is 0. The van der Waals surface area contributed by atoms with Crippen LogP contribution in [-0.2, 0) is 9.84 Å². The third kappa shape index (κ3) is 3.78. The quantitative estimate of drug-likeness (QED) is 0.611. The Balaban J connectivity index is 0.000000165. The van der Waals surface area contributed by atoms with Crippen LogP contribution in [0.15, 0.2) is 22.3 Å². The molecule has 0 saturated heterocycles. The van der Waals surface area contributed by atoms with Crippen LogP contribution >= 0.6 is 0 Å². The molecule has 2 nitrogen and oxygen atoms in total. The van der Waals surface area contributed by atoms with Crippen molar-refractivity contribution in [3.8, 4) is 0 Å². The van der Waals surface area contributed by atoms with Crippen molar-refractivity contribution in [1.29, 1.82) is 0 Å². The predicted octanol–water partition coefficient (Wildman–Crippen LogP) is 3.26. The first-order chi connectivity index (χ1) is 7.32. The topological polar surface area (TPSA) is 34.1 Å². The van der Waals surface area contributed by atoms with Gasteiger partial charge in [0, 0.05) is 0 Å². The molecule has 0 fully saturated rings. The molecule has 3 heteroatoms. The zero-order valence-corrected chi connectivity index (χ0v) is 11.6. The average Bonchev–Trinajstić information content (AvgIpc) is 2.59.